The molecule has 166 valence electrons. The highest BCUT2D eigenvalue weighted by Gasteiger charge is 2.15. The van der Waals surface area contributed by atoms with Crippen molar-refractivity contribution >= 4 is 17.9 Å². The predicted molar refractivity (Wildman–Crippen MR) is 121 cm³/mol. The smallest absolute Gasteiger partial charge is 0.267 e. The van der Waals surface area contributed by atoms with Crippen LogP contribution in [0.2, 0.25) is 0 Å². The van der Waals surface area contributed by atoms with Gasteiger partial charge in [0.1, 0.15) is 23.0 Å². The average Bonchev–Trinajstić information content (AvgIpc) is 3.35. The second-order valence-corrected chi connectivity index (χ2v) is 6.96. The normalized spacial score (nSPS) is 11.0. The fourth-order valence-electron chi connectivity index (χ4n) is 2.99. The highest BCUT2D eigenvalue weighted by molar-refractivity contribution is 6.05. The molecule has 0 unspecified atom stereocenters. The highest BCUT2D eigenvalue weighted by atomic mass is 16.5. The van der Waals surface area contributed by atoms with Gasteiger partial charge in [-0.15, -0.1) is 0 Å². The molecule has 0 saturated carbocycles. The van der Waals surface area contributed by atoms with Crippen LogP contribution in [0.5, 0.6) is 11.5 Å². The molecule has 0 fully saturated rings. The third-order valence-corrected chi connectivity index (χ3v) is 4.76. The second-order valence-electron chi connectivity index (χ2n) is 6.96. The minimum atomic E-state index is -0.404. The highest BCUT2D eigenvalue weighted by Crippen LogP contribution is 2.14. The van der Waals surface area contributed by atoms with Crippen molar-refractivity contribution < 1.29 is 23.5 Å². The molecular formula is C25H26N2O5. The summed E-state index contributed by atoms with van der Waals surface area (Å²) in [5.74, 6) is 1.12. The molecule has 3 aromatic rings. The van der Waals surface area contributed by atoms with E-state index in [0.717, 1.165) is 24.2 Å². The fourth-order valence-corrected chi connectivity index (χ4v) is 2.99. The molecule has 0 atom stereocenters. The lowest BCUT2D eigenvalue weighted by Crippen LogP contribution is -2.35. The molecule has 2 amide bonds. The molecule has 0 aliphatic rings. The van der Waals surface area contributed by atoms with E-state index < -0.39 is 11.8 Å². The molecule has 0 saturated heterocycles. The van der Waals surface area contributed by atoms with Crippen molar-refractivity contribution in [3.05, 3.63) is 89.5 Å². The minimum Gasteiger partial charge on any atom is -0.497 e. The fraction of sp³-hybridized carbons (Fsp3) is 0.200. The zero-order chi connectivity index (χ0) is 22.8. The van der Waals surface area contributed by atoms with Gasteiger partial charge in [-0.25, -0.2) is 0 Å². The van der Waals surface area contributed by atoms with E-state index in [0.29, 0.717) is 23.6 Å². The number of amides is 2. The first-order valence-corrected chi connectivity index (χ1v) is 10.2. The molecule has 2 N–H and O–H groups in total. The number of nitrogens with one attached hydrogen (secondary N) is 2. The number of hydrogen-bond acceptors (Lipinski definition) is 5. The Labute approximate surface area is 187 Å². The molecule has 3 rings (SSSR count). The topological polar surface area (TPSA) is 89.8 Å². The summed E-state index contributed by atoms with van der Waals surface area (Å²) in [7, 11) is 3.18. The number of ether oxygens (including phenoxy) is 2. The predicted octanol–water partition coefficient (Wildman–Crippen LogP) is 3.82. The first-order chi connectivity index (χ1) is 15.6. The van der Waals surface area contributed by atoms with Crippen LogP contribution < -0.4 is 20.1 Å². The van der Waals surface area contributed by atoms with E-state index in [1.165, 1.54) is 12.3 Å². The van der Waals surface area contributed by atoms with Crippen LogP contribution in [-0.2, 0) is 11.2 Å². The van der Waals surface area contributed by atoms with Crippen LogP contribution in [0.1, 0.15) is 28.1 Å². The SMILES string of the molecule is COc1ccc(CCCNC(=O)/C(=C/c2ccco2)NC(=O)c2ccc(OC)cc2)cc1. The summed E-state index contributed by atoms with van der Waals surface area (Å²) in [6.45, 7) is 0.457. The zero-order valence-corrected chi connectivity index (χ0v) is 18.1. The van der Waals surface area contributed by atoms with Crippen molar-refractivity contribution in [2.24, 2.45) is 0 Å². The lowest BCUT2D eigenvalue weighted by molar-refractivity contribution is -0.117. The van der Waals surface area contributed by atoms with Gasteiger partial charge in [0, 0.05) is 18.2 Å². The van der Waals surface area contributed by atoms with E-state index in [-0.39, 0.29) is 5.70 Å². The van der Waals surface area contributed by atoms with Crippen molar-refractivity contribution in [3.8, 4) is 11.5 Å². The summed E-state index contributed by atoms with van der Waals surface area (Å²) in [6, 6.07) is 17.9. The number of carbonyl (C=O) groups excluding carboxylic acids is 2. The summed E-state index contributed by atoms with van der Waals surface area (Å²) in [5, 5.41) is 5.53. The number of methoxy groups -OCH3 is 2. The maximum atomic E-state index is 12.8. The number of rotatable bonds is 10. The Balaban J connectivity index is 1.60. The quantitative estimate of drug-likeness (QED) is 0.374. The van der Waals surface area contributed by atoms with Crippen molar-refractivity contribution in [1.82, 2.24) is 10.6 Å². The Kier molecular flexibility index (Phi) is 8.09. The number of aryl methyl sites for hydroxylation is 1. The van der Waals surface area contributed by atoms with Gasteiger partial charge in [-0.05, 0) is 66.9 Å². The zero-order valence-electron chi connectivity index (χ0n) is 18.1. The average molecular weight is 434 g/mol. The maximum Gasteiger partial charge on any atom is 0.267 e. The number of hydrogen-bond donors (Lipinski definition) is 2. The lowest BCUT2D eigenvalue weighted by atomic mass is 10.1. The first kappa shape index (κ1) is 22.7. The molecule has 2 aromatic carbocycles. The molecule has 0 aliphatic carbocycles. The first-order valence-electron chi connectivity index (χ1n) is 10.2. The van der Waals surface area contributed by atoms with Crippen LogP contribution >= 0.6 is 0 Å². The van der Waals surface area contributed by atoms with Gasteiger partial charge in [0.2, 0.25) is 0 Å². The van der Waals surface area contributed by atoms with Gasteiger partial charge in [0.15, 0.2) is 0 Å². The third kappa shape index (κ3) is 6.50. The van der Waals surface area contributed by atoms with Crippen LogP contribution in [0.25, 0.3) is 6.08 Å². The summed E-state index contributed by atoms with van der Waals surface area (Å²) < 4.78 is 15.6. The molecule has 7 heteroatoms. The van der Waals surface area contributed by atoms with Crippen molar-refractivity contribution in [1.29, 1.82) is 0 Å². The molecular weight excluding hydrogens is 408 g/mol. The Hall–Kier alpha value is -4.00. The molecule has 0 spiro atoms. The van der Waals surface area contributed by atoms with Gasteiger partial charge in [-0.2, -0.15) is 0 Å². The van der Waals surface area contributed by atoms with Crippen molar-refractivity contribution in [2.75, 3.05) is 20.8 Å². The van der Waals surface area contributed by atoms with E-state index in [9.17, 15) is 9.59 Å². The summed E-state index contributed by atoms with van der Waals surface area (Å²) in [5.41, 5.74) is 1.66. The molecule has 1 aromatic heterocycles. The lowest BCUT2D eigenvalue weighted by Gasteiger charge is -2.11. The van der Waals surface area contributed by atoms with Gasteiger partial charge in [0.05, 0.1) is 20.5 Å². The van der Waals surface area contributed by atoms with Crippen LogP contribution in [-0.4, -0.2) is 32.6 Å². The minimum absolute atomic E-state index is 0.102. The molecule has 0 radical (unpaired) electrons. The summed E-state index contributed by atoms with van der Waals surface area (Å²) in [4.78, 5) is 25.4. The van der Waals surface area contributed by atoms with E-state index >= 15 is 0 Å². The van der Waals surface area contributed by atoms with Crippen molar-refractivity contribution in [3.63, 3.8) is 0 Å². The Morgan fingerprint density at radius 3 is 2.19 bits per heavy atom. The van der Waals surface area contributed by atoms with E-state index in [4.69, 9.17) is 13.9 Å². The number of benzene rings is 2. The molecule has 32 heavy (non-hydrogen) atoms. The maximum absolute atomic E-state index is 12.8. The van der Waals surface area contributed by atoms with Gasteiger partial charge in [-0.1, -0.05) is 12.1 Å². The monoisotopic (exact) mass is 434 g/mol. The van der Waals surface area contributed by atoms with Crippen LogP contribution in [0.4, 0.5) is 0 Å². The van der Waals surface area contributed by atoms with Crippen LogP contribution in [0.15, 0.2) is 77.0 Å². The van der Waals surface area contributed by atoms with Gasteiger partial charge >= 0.3 is 0 Å². The van der Waals surface area contributed by atoms with E-state index in [1.807, 2.05) is 24.3 Å². The van der Waals surface area contributed by atoms with Gasteiger partial charge in [0.25, 0.3) is 11.8 Å². The summed E-state index contributed by atoms with van der Waals surface area (Å²) in [6.07, 6.45) is 4.56. The Morgan fingerprint density at radius 2 is 1.59 bits per heavy atom. The molecule has 0 bridgehead atoms. The number of furan rings is 1. The molecule has 1 heterocycles. The second kappa shape index (κ2) is 11.4. The van der Waals surface area contributed by atoms with E-state index in [1.54, 1.807) is 50.6 Å². The standard InChI is InChI=1S/C25H26N2O5/c1-30-20-11-7-18(8-12-20)5-3-15-26-25(29)23(17-22-6-4-16-32-22)27-24(28)19-9-13-21(31-2)14-10-19/h4,6-14,16-17H,3,5,15H2,1-2H3,(H,26,29)(H,27,28)/b23-17-. The van der Waals surface area contributed by atoms with E-state index in [2.05, 4.69) is 10.6 Å². The third-order valence-electron chi connectivity index (χ3n) is 4.76. The molecule has 0 aliphatic heterocycles. The van der Waals surface area contributed by atoms with Gasteiger partial charge in [-0.3, -0.25) is 9.59 Å². The Morgan fingerprint density at radius 1 is 0.938 bits per heavy atom. The Bertz CT molecular complexity index is 1040. The number of carbonyl (C=O) groups is 2. The van der Waals surface area contributed by atoms with Gasteiger partial charge < -0.3 is 24.5 Å². The molecule has 7 nitrogen and oxygen atoms in total. The summed E-state index contributed by atoms with van der Waals surface area (Å²) >= 11 is 0. The van der Waals surface area contributed by atoms with Crippen molar-refractivity contribution in [2.45, 2.75) is 12.8 Å². The largest absolute Gasteiger partial charge is 0.497 e. The van der Waals surface area contributed by atoms with Crippen LogP contribution in [0, 0.1) is 0 Å². The van der Waals surface area contributed by atoms with Crippen LogP contribution in [0.3, 0.4) is 0 Å².